The topological polar surface area (TPSA) is 20.3 Å². The Hall–Kier alpha value is -2.09. The Morgan fingerprint density at radius 3 is 2.39 bits per heavy atom. The van der Waals surface area contributed by atoms with Gasteiger partial charge in [-0.15, -0.1) is 0 Å². The minimum atomic E-state index is 0.733. The number of nitrogens with zero attached hydrogens (tertiary/aromatic N) is 1. The van der Waals surface area contributed by atoms with E-state index in [2.05, 4.69) is 29.2 Å². The molecule has 2 aromatic carbocycles. The maximum absolute atomic E-state index is 10.6. The third kappa shape index (κ3) is 2.02. The molecule has 0 saturated carbocycles. The monoisotopic (exact) mass is 237 g/mol. The van der Waals surface area contributed by atoms with Crippen molar-refractivity contribution in [2.24, 2.45) is 0 Å². The molecule has 3 rings (SSSR count). The summed E-state index contributed by atoms with van der Waals surface area (Å²) in [5.74, 6) is 0. The van der Waals surface area contributed by atoms with Crippen molar-refractivity contribution in [2.45, 2.75) is 13.0 Å². The lowest BCUT2D eigenvalue weighted by molar-refractivity contribution is 0.112. The fraction of sp³-hybridized carbons (Fsp3) is 0.188. The molecule has 1 heterocycles. The van der Waals surface area contributed by atoms with Gasteiger partial charge in [-0.3, -0.25) is 4.79 Å². The molecule has 2 heteroatoms. The summed E-state index contributed by atoms with van der Waals surface area (Å²) in [5, 5.41) is 0. The van der Waals surface area contributed by atoms with E-state index in [9.17, 15) is 4.79 Å². The van der Waals surface area contributed by atoms with E-state index < -0.39 is 0 Å². The van der Waals surface area contributed by atoms with Crippen LogP contribution in [0, 0.1) is 0 Å². The first-order valence-electron chi connectivity index (χ1n) is 6.24. The zero-order chi connectivity index (χ0) is 12.4. The van der Waals surface area contributed by atoms with Gasteiger partial charge in [0, 0.05) is 24.3 Å². The summed E-state index contributed by atoms with van der Waals surface area (Å²) in [6, 6.07) is 16.4. The van der Waals surface area contributed by atoms with Crippen LogP contribution in [0.3, 0.4) is 0 Å². The van der Waals surface area contributed by atoms with Crippen molar-refractivity contribution in [2.75, 3.05) is 11.4 Å². The lowest BCUT2D eigenvalue weighted by Crippen LogP contribution is -2.30. The highest BCUT2D eigenvalue weighted by Crippen LogP contribution is 2.24. The van der Waals surface area contributed by atoms with Gasteiger partial charge in [0.2, 0.25) is 0 Å². The zero-order valence-corrected chi connectivity index (χ0v) is 10.2. The molecule has 18 heavy (non-hydrogen) atoms. The number of aldehydes is 1. The molecule has 2 aromatic rings. The van der Waals surface area contributed by atoms with Crippen LogP contribution in [0.5, 0.6) is 0 Å². The molecule has 0 aromatic heterocycles. The lowest BCUT2D eigenvalue weighted by atomic mass is 9.99. The molecule has 0 aliphatic carbocycles. The fourth-order valence-electron chi connectivity index (χ4n) is 2.48. The van der Waals surface area contributed by atoms with Crippen LogP contribution in [0.1, 0.15) is 21.5 Å². The van der Waals surface area contributed by atoms with Gasteiger partial charge in [-0.25, -0.2) is 0 Å². The van der Waals surface area contributed by atoms with E-state index in [-0.39, 0.29) is 0 Å². The molecule has 0 bridgehead atoms. The van der Waals surface area contributed by atoms with E-state index in [1.807, 2.05) is 24.3 Å². The molecule has 1 aliphatic rings. The van der Waals surface area contributed by atoms with Crippen LogP contribution < -0.4 is 4.90 Å². The van der Waals surface area contributed by atoms with Gasteiger partial charge in [0.25, 0.3) is 0 Å². The minimum Gasteiger partial charge on any atom is -0.367 e. The van der Waals surface area contributed by atoms with E-state index in [0.29, 0.717) is 0 Å². The molecule has 0 spiro atoms. The van der Waals surface area contributed by atoms with Crippen molar-refractivity contribution in [1.29, 1.82) is 0 Å². The first kappa shape index (κ1) is 11.0. The number of hydrogen-bond acceptors (Lipinski definition) is 2. The number of carbonyl (C=O) groups excluding carboxylic acids is 1. The summed E-state index contributed by atoms with van der Waals surface area (Å²) in [4.78, 5) is 13.0. The van der Waals surface area contributed by atoms with Crippen LogP contribution in [0.15, 0.2) is 48.5 Å². The first-order valence-corrected chi connectivity index (χ1v) is 6.24. The van der Waals surface area contributed by atoms with Gasteiger partial charge in [0.1, 0.15) is 6.29 Å². The third-order valence-electron chi connectivity index (χ3n) is 3.52. The summed E-state index contributed by atoms with van der Waals surface area (Å²) in [6.07, 6.45) is 1.97. The number of anilines is 1. The van der Waals surface area contributed by atoms with Crippen molar-refractivity contribution in [3.63, 3.8) is 0 Å². The van der Waals surface area contributed by atoms with E-state index >= 15 is 0 Å². The van der Waals surface area contributed by atoms with E-state index in [0.717, 1.165) is 31.4 Å². The Balaban J connectivity index is 1.84. The largest absolute Gasteiger partial charge is 0.367 e. The van der Waals surface area contributed by atoms with E-state index in [1.54, 1.807) is 0 Å². The Morgan fingerprint density at radius 2 is 1.67 bits per heavy atom. The van der Waals surface area contributed by atoms with Crippen LogP contribution in [-0.4, -0.2) is 12.8 Å². The predicted octanol–water partition coefficient (Wildman–Crippen LogP) is 3.06. The molecule has 2 nitrogen and oxygen atoms in total. The minimum absolute atomic E-state index is 0.733. The second-order valence-corrected chi connectivity index (χ2v) is 4.65. The second-order valence-electron chi connectivity index (χ2n) is 4.65. The maximum atomic E-state index is 10.6. The summed E-state index contributed by atoms with van der Waals surface area (Å²) in [7, 11) is 0. The molecule has 0 fully saturated rings. The normalized spacial score (nSPS) is 14.1. The lowest BCUT2D eigenvalue weighted by Gasteiger charge is -2.30. The number of fused-ring (bicyclic) bond motifs is 1. The van der Waals surface area contributed by atoms with Crippen LogP contribution in [0.2, 0.25) is 0 Å². The molecular weight excluding hydrogens is 222 g/mol. The smallest absolute Gasteiger partial charge is 0.150 e. The van der Waals surface area contributed by atoms with Gasteiger partial charge in [-0.1, -0.05) is 24.3 Å². The number of rotatable bonds is 2. The number of benzene rings is 2. The molecule has 0 atom stereocenters. The summed E-state index contributed by atoms with van der Waals surface area (Å²) < 4.78 is 0. The van der Waals surface area contributed by atoms with Crippen molar-refractivity contribution in [3.05, 3.63) is 65.2 Å². The quantitative estimate of drug-likeness (QED) is 0.748. The molecule has 0 amide bonds. The van der Waals surface area contributed by atoms with Crippen LogP contribution in [-0.2, 0) is 13.0 Å². The number of hydrogen-bond donors (Lipinski definition) is 0. The molecule has 0 radical (unpaired) electrons. The van der Waals surface area contributed by atoms with Crippen LogP contribution >= 0.6 is 0 Å². The average molecular weight is 237 g/mol. The van der Waals surface area contributed by atoms with Gasteiger partial charge in [-0.2, -0.15) is 0 Å². The molecule has 1 aliphatic heterocycles. The Labute approximate surface area is 107 Å². The van der Waals surface area contributed by atoms with Crippen LogP contribution in [0.4, 0.5) is 5.69 Å². The van der Waals surface area contributed by atoms with Crippen molar-refractivity contribution in [1.82, 2.24) is 0 Å². The third-order valence-corrected chi connectivity index (χ3v) is 3.52. The molecule has 0 unspecified atom stereocenters. The molecule has 0 saturated heterocycles. The number of carbonyl (C=O) groups is 1. The van der Waals surface area contributed by atoms with E-state index in [4.69, 9.17) is 0 Å². The molecule has 0 N–H and O–H groups in total. The van der Waals surface area contributed by atoms with Gasteiger partial charge in [0.15, 0.2) is 0 Å². The highest BCUT2D eigenvalue weighted by atomic mass is 16.1. The van der Waals surface area contributed by atoms with Gasteiger partial charge >= 0.3 is 0 Å². The zero-order valence-electron chi connectivity index (χ0n) is 10.2. The summed E-state index contributed by atoms with van der Waals surface area (Å²) >= 11 is 0. The van der Waals surface area contributed by atoms with Crippen LogP contribution in [0.25, 0.3) is 0 Å². The van der Waals surface area contributed by atoms with E-state index in [1.165, 1.54) is 16.8 Å². The second kappa shape index (κ2) is 4.65. The van der Waals surface area contributed by atoms with Gasteiger partial charge in [-0.05, 0) is 41.8 Å². The predicted molar refractivity (Wildman–Crippen MR) is 73.0 cm³/mol. The Morgan fingerprint density at radius 1 is 0.944 bits per heavy atom. The van der Waals surface area contributed by atoms with Crippen molar-refractivity contribution in [3.8, 4) is 0 Å². The molecule has 90 valence electrons. The maximum Gasteiger partial charge on any atom is 0.150 e. The highest BCUT2D eigenvalue weighted by Gasteiger charge is 2.15. The van der Waals surface area contributed by atoms with Gasteiger partial charge in [0.05, 0.1) is 0 Å². The van der Waals surface area contributed by atoms with Crippen molar-refractivity contribution < 1.29 is 4.79 Å². The fourth-order valence-corrected chi connectivity index (χ4v) is 2.48. The summed E-state index contributed by atoms with van der Waals surface area (Å²) in [6.45, 7) is 1.99. The molecular formula is C16H15NO. The SMILES string of the molecule is O=Cc1ccc(N2CCc3ccccc3C2)cc1. The highest BCUT2D eigenvalue weighted by molar-refractivity contribution is 5.75. The average Bonchev–Trinajstić information content (AvgIpc) is 2.47. The van der Waals surface area contributed by atoms with Crippen molar-refractivity contribution >= 4 is 12.0 Å². The Kier molecular flexibility index (Phi) is 2.85. The first-order chi connectivity index (χ1) is 8.86. The summed E-state index contributed by atoms with van der Waals surface area (Å²) in [5.41, 5.74) is 4.78. The standard InChI is InChI=1S/C16H15NO/c18-12-13-5-7-16(8-6-13)17-10-9-14-3-1-2-4-15(14)11-17/h1-8,12H,9-11H2. The van der Waals surface area contributed by atoms with Gasteiger partial charge < -0.3 is 4.90 Å². The Bertz CT molecular complexity index is 560.